The first-order chi connectivity index (χ1) is 19.8. The summed E-state index contributed by atoms with van der Waals surface area (Å²) in [7, 11) is 1.78. The molecule has 6 aromatic rings. The highest BCUT2D eigenvalue weighted by Gasteiger charge is 2.25. The van der Waals surface area contributed by atoms with E-state index < -0.39 is 23.3 Å². The molecule has 2 aromatic carbocycles. The summed E-state index contributed by atoms with van der Waals surface area (Å²) in [5, 5.41) is 11.4. The number of hydrogen-bond acceptors (Lipinski definition) is 7. The number of nitrogens with two attached hydrogens (primary N) is 1. The number of aromatic nitrogens is 7. The summed E-state index contributed by atoms with van der Waals surface area (Å²) in [4.78, 5) is 36.4. The summed E-state index contributed by atoms with van der Waals surface area (Å²) in [6.07, 6.45) is 6.53. The van der Waals surface area contributed by atoms with Crippen molar-refractivity contribution >= 4 is 28.3 Å². The topological polar surface area (TPSA) is 138 Å². The van der Waals surface area contributed by atoms with Crippen molar-refractivity contribution in [2.24, 2.45) is 7.05 Å². The molecular formula is C29H22FN9O2. The molecule has 0 aliphatic heterocycles. The van der Waals surface area contributed by atoms with Gasteiger partial charge in [-0.05, 0) is 43.3 Å². The van der Waals surface area contributed by atoms with Crippen molar-refractivity contribution in [2.75, 3.05) is 5.73 Å². The Hall–Kier alpha value is -5.83. The van der Waals surface area contributed by atoms with Crippen LogP contribution in [0, 0.1) is 17.7 Å². The number of carbonyl (C=O) groups excluding carboxylic acids is 1. The lowest BCUT2D eigenvalue weighted by molar-refractivity contribution is 0.0940. The van der Waals surface area contributed by atoms with E-state index in [4.69, 9.17) is 10.7 Å². The van der Waals surface area contributed by atoms with Crippen LogP contribution in [0.2, 0.25) is 0 Å². The number of amides is 1. The number of anilines is 1. The lowest BCUT2D eigenvalue weighted by atomic mass is 10.1. The average Bonchev–Trinajstić information content (AvgIpc) is 3.52. The maximum atomic E-state index is 14.3. The van der Waals surface area contributed by atoms with E-state index in [-0.39, 0.29) is 33.9 Å². The number of aryl methyl sites for hydroxylation is 1. The fourth-order valence-corrected chi connectivity index (χ4v) is 4.59. The first-order valence-electron chi connectivity index (χ1n) is 12.5. The minimum atomic E-state index is -0.814. The molecular weight excluding hydrogens is 525 g/mol. The monoisotopic (exact) mass is 547 g/mol. The van der Waals surface area contributed by atoms with E-state index in [1.807, 2.05) is 0 Å². The minimum absolute atomic E-state index is 0.000719. The van der Waals surface area contributed by atoms with Crippen molar-refractivity contribution < 1.29 is 9.18 Å². The molecule has 6 rings (SSSR count). The van der Waals surface area contributed by atoms with Gasteiger partial charge in [-0.1, -0.05) is 24.0 Å². The highest BCUT2D eigenvalue weighted by Crippen LogP contribution is 2.22. The molecule has 41 heavy (non-hydrogen) atoms. The van der Waals surface area contributed by atoms with Gasteiger partial charge < -0.3 is 11.1 Å². The van der Waals surface area contributed by atoms with Crippen molar-refractivity contribution in [3.05, 3.63) is 112 Å². The van der Waals surface area contributed by atoms with E-state index in [1.165, 1.54) is 33.5 Å². The Morgan fingerprint density at radius 1 is 1.15 bits per heavy atom. The Labute approximate surface area is 232 Å². The van der Waals surface area contributed by atoms with Crippen molar-refractivity contribution in [1.29, 1.82) is 0 Å². The lowest BCUT2D eigenvalue weighted by Gasteiger charge is -2.20. The third-order valence-electron chi connectivity index (χ3n) is 6.42. The summed E-state index contributed by atoms with van der Waals surface area (Å²) in [5.74, 6) is 5.15. The maximum Gasteiger partial charge on any atom is 0.267 e. The standard InChI is InChI=1S/C29H22FN9O2/c1-17(34-28(40)24-25(31)36-38-13-5-12-32-27(24)38)26-35-22-9-3-6-19(11-10-18-15-33-37(2)16-18)23(22)29(41)39(26)21-8-4-7-20(30)14-21/h3-9,12-17H,1-2H3,(H2,31,36)(H,34,40)/t17-/m0/s1. The van der Waals surface area contributed by atoms with E-state index in [9.17, 15) is 14.0 Å². The summed E-state index contributed by atoms with van der Waals surface area (Å²) in [5.41, 5.74) is 7.67. The van der Waals surface area contributed by atoms with Crippen LogP contribution in [0.5, 0.6) is 0 Å². The van der Waals surface area contributed by atoms with E-state index in [1.54, 1.807) is 67.6 Å². The molecule has 4 heterocycles. The molecule has 0 saturated carbocycles. The van der Waals surface area contributed by atoms with Gasteiger partial charge in [0.05, 0.1) is 34.4 Å². The number of benzene rings is 2. The number of carbonyl (C=O) groups is 1. The van der Waals surface area contributed by atoms with Gasteiger partial charge in [0.1, 0.15) is 17.2 Å². The van der Waals surface area contributed by atoms with Gasteiger partial charge in [-0.25, -0.2) is 18.9 Å². The van der Waals surface area contributed by atoms with Crippen LogP contribution in [0.1, 0.15) is 40.3 Å². The normalized spacial score (nSPS) is 11.8. The van der Waals surface area contributed by atoms with Gasteiger partial charge in [-0.3, -0.25) is 18.8 Å². The number of hydrogen-bond donors (Lipinski definition) is 2. The largest absolute Gasteiger partial charge is 0.381 e. The van der Waals surface area contributed by atoms with E-state index in [2.05, 4.69) is 32.3 Å². The summed E-state index contributed by atoms with van der Waals surface area (Å²) in [6, 6.07) is 11.6. The number of nitrogen functional groups attached to an aromatic ring is 1. The Morgan fingerprint density at radius 3 is 2.76 bits per heavy atom. The number of halogens is 1. The van der Waals surface area contributed by atoms with Gasteiger partial charge in [0, 0.05) is 31.2 Å². The number of fused-ring (bicyclic) bond motifs is 2. The van der Waals surface area contributed by atoms with Gasteiger partial charge in [0.15, 0.2) is 11.5 Å². The number of nitrogens with zero attached hydrogens (tertiary/aromatic N) is 7. The Kier molecular flexibility index (Phi) is 6.24. The molecule has 4 aromatic heterocycles. The van der Waals surface area contributed by atoms with Crippen LogP contribution in [0.4, 0.5) is 10.2 Å². The van der Waals surface area contributed by atoms with E-state index in [0.29, 0.717) is 16.6 Å². The van der Waals surface area contributed by atoms with Crippen LogP contribution in [0.15, 0.2) is 78.1 Å². The fourth-order valence-electron chi connectivity index (χ4n) is 4.59. The highest BCUT2D eigenvalue weighted by molar-refractivity contribution is 6.04. The number of nitrogens with one attached hydrogen (secondary N) is 1. The first-order valence-corrected chi connectivity index (χ1v) is 12.5. The van der Waals surface area contributed by atoms with Gasteiger partial charge in [-0.2, -0.15) is 5.10 Å². The van der Waals surface area contributed by atoms with Crippen LogP contribution in [0.3, 0.4) is 0 Å². The van der Waals surface area contributed by atoms with Gasteiger partial charge >= 0.3 is 0 Å². The fraction of sp³-hybridized carbons (Fsp3) is 0.103. The molecule has 12 heteroatoms. The van der Waals surface area contributed by atoms with Crippen LogP contribution in [0.25, 0.3) is 22.2 Å². The Bertz CT molecular complexity index is 2100. The molecule has 0 aliphatic carbocycles. The van der Waals surface area contributed by atoms with Crippen molar-refractivity contribution in [3.63, 3.8) is 0 Å². The molecule has 0 radical (unpaired) electrons. The van der Waals surface area contributed by atoms with Gasteiger partial charge in [0.2, 0.25) is 0 Å². The summed E-state index contributed by atoms with van der Waals surface area (Å²) in [6.45, 7) is 1.67. The second-order valence-electron chi connectivity index (χ2n) is 9.29. The average molecular weight is 548 g/mol. The highest BCUT2D eigenvalue weighted by atomic mass is 19.1. The third-order valence-corrected chi connectivity index (χ3v) is 6.42. The summed E-state index contributed by atoms with van der Waals surface area (Å²) >= 11 is 0. The zero-order valence-corrected chi connectivity index (χ0v) is 21.9. The smallest absolute Gasteiger partial charge is 0.267 e. The first kappa shape index (κ1) is 25.4. The van der Waals surface area contributed by atoms with Crippen molar-refractivity contribution in [1.82, 2.24) is 39.2 Å². The van der Waals surface area contributed by atoms with Crippen LogP contribution < -0.4 is 16.6 Å². The second-order valence-corrected chi connectivity index (χ2v) is 9.29. The SMILES string of the molecule is C[C@H](NC(=O)c1c(N)nn2cccnc12)c1nc2cccc(C#Cc3cnn(C)c3)c2c(=O)n1-c1cccc(F)c1. The van der Waals surface area contributed by atoms with Crippen LogP contribution in [-0.4, -0.2) is 39.8 Å². The Balaban J connectivity index is 1.49. The molecule has 1 amide bonds. The quantitative estimate of drug-likeness (QED) is 0.324. The molecule has 1 atom stereocenters. The summed E-state index contributed by atoms with van der Waals surface area (Å²) < 4.78 is 18.7. The zero-order chi connectivity index (χ0) is 28.7. The predicted molar refractivity (Wildman–Crippen MR) is 150 cm³/mol. The van der Waals surface area contributed by atoms with E-state index >= 15 is 0 Å². The molecule has 0 unspecified atom stereocenters. The molecule has 11 nitrogen and oxygen atoms in total. The van der Waals surface area contributed by atoms with Crippen molar-refractivity contribution in [3.8, 4) is 17.5 Å². The molecule has 0 saturated heterocycles. The third kappa shape index (κ3) is 4.65. The van der Waals surface area contributed by atoms with Gasteiger partial charge in [-0.15, -0.1) is 5.10 Å². The lowest BCUT2D eigenvalue weighted by Crippen LogP contribution is -2.33. The predicted octanol–water partition coefficient (Wildman–Crippen LogP) is 2.77. The molecule has 0 bridgehead atoms. The molecule has 202 valence electrons. The molecule has 0 fully saturated rings. The van der Waals surface area contributed by atoms with Crippen LogP contribution >= 0.6 is 0 Å². The molecule has 0 aliphatic rings. The molecule has 3 N–H and O–H groups in total. The Morgan fingerprint density at radius 2 is 1.98 bits per heavy atom. The maximum absolute atomic E-state index is 14.3. The van der Waals surface area contributed by atoms with Gasteiger partial charge in [0.25, 0.3) is 11.5 Å². The minimum Gasteiger partial charge on any atom is -0.381 e. The second kappa shape index (κ2) is 10.0. The number of rotatable bonds is 4. The van der Waals surface area contributed by atoms with Crippen LogP contribution in [-0.2, 0) is 7.05 Å². The molecule has 0 spiro atoms. The zero-order valence-electron chi connectivity index (χ0n) is 21.9. The van der Waals surface area contributed by atoms with E-state index in [0.717, 1.165) is 0 Å². The van der Waals surface area contributed by atoms with Crippen molar-refractivity contribution in [2.45, 2.75) is 13.0 Å².